The Morgan fingerprint density at radius 2 is 2.12 bits per heavy atom. The standard InChI is InChI=1S/C14H20O2S/c1-10(2)17-13-8-7-11(3)9-12(13)5-4-6-14(15)16/h7-10H,4-6H2,1-3H3,(H,15,16). The molecule has 0 atom stereocenters. The van der Waals surface area contributed by atoms with Gasteiger partial charge in [0, 0.05) is 16.6 Å². The molecular weight excluding hydrogens is 232 g/mol. The number of hydrogen-bond donors (Lipinski definition) is 1. The Hall–Kier alpha value is -0.960. The Morgan fingerprint density at radius 3 is 2.71 bits per heavy atom. The van der Waals surface area contributed by atoms with Gasteiger partial charge in [-0.1, -0.05) is 31.5 Å². The third kappa shape index (κ3) is 5.26. The first-order valence-corrected chi connectivity index (χ1v) is 6.85. The minimum atomic E-state index is -0.712. The number of carboxylic acid groups (broad SMARTS) is 1. The second-order valence-electron chi connectivity index (χ2n) is 4.53. The molecular formula is C14H20O2S. The molecule has 1 aromatic carbocycles. The van der Waals surface area contributed by atoms with Gasteiger partial charge in [0.15, 0.2) is 0 Å². The van der Waals surface area contributed by atoms with Crippen molar-refractivity contribution in [2.24, 2.45) is 0 Å². The maximum absolute atomic E-state index is 10.5. The predicted octanol–water partition coefficient (Wildman–Crippen LogP) is 3.90. The second-order valence-corrected chi connectivity index (χ2v) is 6.14. The summed E-state index contributed by atoms with van der Waals surface area (Å²) in [6, 6.07) is 6.44. The van der Waals surface area contributed by atoms with E-state index in [4.69, 9.17) is 5.11 Å². The molecule has 0 spiro atoms. The summed E-state index contributed by atoms with van der Waals surface area (Å²) in [6.45, 7) is 6.42. The fourth-order valence-electron chi connectivity index (χ4n) is 1.70. The molecule has 0 aromatic heterocycles. The minimum Gasteiger partial charge on any atom is -0.481 e. The first-order valence-electron chi connectivity index (χ1n) is 5.97. The zero-order valence-corrected chi connectivity index (χ0v) is 11.5. The highest BCUT2D eigenvalue weighted by molar-refractivity contribution is 8.00. The summed E-state index contributed by atoms with van der Waals surface area (Å²) in [5.74, 6) is -0.712. The second kappa shape index (κ2) is 6.70. The fourth-order valence-corrected chi connectivity index (χ4v) is 2.67. The van der Waals surface area contributed by atoms with Gasteiger partial charge in [-0.15, -0.1) is 11.8 Å². The van der Waals surface area contributed by atoms with Gasteiger partial charge in [-0.25, -0.2) is 0 Å². The Kier molecular flexibility index (Phi) is 5.56. The van der Waals surface area contributed by atoms with Crippen LogP contribution in [0.5, 0.6) is 0 Å². The summed E-state index contributed by atoms with van der Waals surface area (Å²) < 4.78 is 0. The lowest BCUT2D eigenvalue weighted by Crippen LogP contribution is -1.98. The average molecular weight is 252 g/mol. The molecule has 0 unspecified atom stereocenters. The molecule has 2 nitrogen and oxygen atoms in total. The van der Waals surface area contributed by atoms with Crippen molar-refractivity contribution in [1.82, 2.24) is 0 Å². The van der Waals surface area contributed by atoms with Crippen LogP contribution in [0.2, 0.25) is 0 Å². The zero-order chi connectivity index (χ0) is 12.8. The van der Waals surface area contributed by atoms with Gasteiger partial charge in [-0.05, 0) is 31.4 Å². The van der Waals surface area contributed by atoms with Crippen LogP contribution in [0.4, 0.5) is 0 Å². The van der Waals surface area contributed by atoms with Crippen LogP contribution in [-0.2, 0) is 11.2 Å². The van der Waals surface area contributed by atoms with E-state index in [0.717, 1.165) is 6.42 Å². The lowest BCUT2D eigenvalue weighted by molar-refractivity contribution is -0.137. The number of aryl methyl sites for hydroxylation is 2. The third-order valence-corrected chi connectivity index (χ3v) is 3.54. The molecule has 0 saturated carbocycles. The molecule has 0 aliphatic heterocycles. The van der Waals surface area contributed by atoms with E-state index in [1.807, 2.05) is 11.8 Å². The molecule has 0 radical (unpaired) electrons. The van der Waals surface area contributed by atoms with Crippen molar-refractivity contribution in [3.05, 3.63) is 29.3 Å². The van der Waals surface area contributed by atoms with E-state index in [1.54, 1.807) is 0 Å². The molecule has 0 amide bonds. The lowest BCUT2D eigenvalue weighted by Gasteiger charge is -2.12. The molecule has 1 N–H and O–H groups in total. The lowest BCUT2D eigenvalue weighted by atomic mass is 10.1. The van der Waals surface area contributed by atoms with E-state index in [2.05, 4.69) is 39.0 Å². The Bertz CT molecular complexity index is 386. The van der Waals surface area contributed by atoms with Crippen LogP contribution in [0.25, 0.3) is 0 Å². The van der Waals surface area contributed by atoms with Crippen LogP contribution in [0.3, 0.4) is 0 Å². The van der Waals surface area contributed by atoms with Gasteiger partial charge in [0.1, 0.15) is 0 Å². The van der Waals surface area contributed by atoms with Gasteiger partial charge < -0.3 is 5.11 Å². The fraction of sp³-hybridized carbons (Fsp3) is 0.500. The molecule has 17 heavy (non-hydrogen) atoms. The van der Waals surface area contributed by atoms with Gasteiger partial charge in [-0.2, -0.15) is 0 Å². The SMILES string of the molecule is Cc1ccc(SC(C)C)c(CCCC(=O)O)c1. The Labute approximate surface area is 107 Å². The summed E-state index contributed by atoms with van der Waals surface area (Å²) >= 11 is 1.85. The minimum absolute atomic E-state index is 0.250. The zero-order valence-electron chi connectivity index (χ0n) is 10.7. The maximum atomic E-state index is 10.5. The average Bonchev–Trinajstić information content (AvgIpc) is 2.21. The van der Waals surface area contributed by atoms with Gasteiger partial charge >= 0.3 is 5.97 Å². The number of carbonyl (C=O) groups is 1. The molecule has 0 aliphatic carbocycles. The van der Waals surface area contributed by atoms with E-state index < -0.39 is 5.97 Å². The van der Waals surface area contributed by atoms with Crippen molar-refractivity contribution in [1.29, 1.82) is 0 Å². The summed E-state index contributed by atoms with van der Waals surface area (Å²) in [7, 11) is 0. The van der Waals surface area contributed by atoms with Gasteiger partial charge in [0.2, 0.25) is 0 Å². The third-order valence-electron chi connectivity index (χ3n) is 2.42. The van der Waals surface area contributed by atoms with E-state index in [0.29, 0.717) is 11.7 Å². The van der Waals surface area contributed by atoms with E-state index in [1.165, 1.54) is 16.0 Å². The molecule has 1 aromatic rings. The number of carboxylic acids is 1. The van der Waals surface area contributed by atoms with E-state index >= 15 is 0 Å². The largest absolute Gasteiger partial charge is 0.481 e. The summed E-state index contributed by atoms with van der Waals surface area (Å²) in [5, 5.41) is 9.21. The number of benzene rings is 1. The number of hydrogen-bond acceptors (Lipinski definition) is 2. The van der Waals surface area contributed by atoms with Crippen LogP contribution in [0, 0.1) is 6.92 Å². The van der Waals surface area contributed by atoms with Gasteiger partial charge in [0.25, 0.3) is 0 Å². The van der Waals surface area contributed by atoms with Gasteiger partial charge in [0.05, 0.1) is 0 Å². The molecule has 0 saturated heterocycles. The monoisotopic (exact) mass is 252 g/mol. The highest BCUT2D eigenvalue weighted by atomic mass is 32.2. The molecule has 0 fully saturated rings. The van der Waals surface area contributed by atoms with Crippen molar-refractivity contribution in [3.8, 4) is 0 Å². The molecule has 94 valence electrons. The Morgan fingerprint density at radius 1 is 1.41 bits per heavy atom. The van der Waals surface area contributed by atoms with Crippen molar-refractivity contribution in [3.63, 3.8) is 0 Å². The van der Waals surface area contributed by atoms with Gasteiger partial charge in [-0.3, -0.25) is 4.79 Å². The summed E-state index contributed by atoms with van der Waals surface area (Å²) in [5.41, 5.74) is 2.52. The quantitative estimate of drug-likeness (QED) is 0.780. The first kappa shape index (κ1) is 14.1. The van der Waals surface area contributed by atoms with Crippen LogP contribution in [0.1, 0.15) is 37.8 Å². The van der Waals surface area contributed by atoms with Crippen LogP contribution >= 0.6 is 11.8 Å². The number of thioether (sulfide) groups is 1. The van der Waals surface area contributed by atoms with Crippen LogP contribution < -0.4 is 0 Å². The predicted molar refractivity (Wildman–Crippen MR) is 72.7 cm³/mol. The summed E-state index contributed by atoms with van der Waals surface area (Å²) in [6.07, 6.45) is 1.81. The Balaban J connectivity index is 2.72. The summed E-state index contributed by atoms with van der Waals surface area (Å²) in [4.78, 5) is 11.8. The molecule has 0 bridgehead atoms. The molecule has 0 aliphatic rings. The smallest absolute Gasteiger partial charge is 0.303 e. The first-order chi connectivity index (χ1) is 7.99. The number of aliphatic carboxylic acids is 1. The molecule has 1 rings (SSSR count). The van der Waals surface area contributed by atoms with Crippen molar-refractivity contribution in [2.45, 2.75) is 50.2 Å². The number of rotatable bonds is 6. The van der Waals surface area contributed by atoms with E-state index in [9.17, 15) is 4.79 Å². The normalized spacial score (nSPS) is 10.8. The highest BCUT2D eigenvalue weighted by Crippen LogP contribution is 2.28. The van der Waals surface area contributed by atoms with Crippen LogP contribution in [0.15, 0.2) is 23.1 Å². The maximum Gasteiger partial charge on any atom is 0.303 e. The highest BCUT2D eigenvalue weighted by Gasteiger charge is 2.07. The van der Waals surface area contributed by atoms with Crippen molar-refractivity contribution < 1.29 is 9.90 Å². The van der Waals surface area contributed by atoms with Crippen molar-refractivity contribution >= 4 is 17.7 Å². The molecule has 0 heterocycles. The topological polar surface area (TPSA) is 37.3 Å². The molecule has 3 heteroatoms. The van der Waals surface area contributed by atoms with Crippen LogP contribution in [-0.4, -0.2) is 16.3 Å². The van der Waals surface area contributed by atoms with E-state index in [-0.39, 0.29) is 6.42 Å². The van der Waals surface area contributed by atoms with Crippen molar-refractivity contribution in [2.75, 3.05) is 0 Å².